The molecule has 0 unspecified atom stereocenters. The lowest BCUT2D eigenvalue weighted by Gasteiger charge is -2.15. The number of hydrogen-bond acceptors (Lipinski definition) is 5. The lowest BCUT2D eigenvalue weighted by Crippen LogP contribution is -2.14. The predicted molar refractivity (Wildman–Crippen MR) is 92.4 cm³/mol. The lowest BCUT2D eigenvalue weighted by atomic mass is 10.1. The molecule has 0 aliphatic heterocycles. The minimum absolute atomic E-state index is 0.134. The molecule has 0 saturated carbocycles. The number of anilines is 1. The molecule has 124 valence electrons. The quantitative estimate of drug-likeness (QED) is 0.666. The van der Waals surface area contributed by atoms with Gasteiger partial charge in [0.05, 0.1) is 17.1 Å². The maximum Gasteiger partial charge on any atom is 0.254 e. The number of aryl methyl sites for hydroxylation is 3. The largest absolute Gasteiger partial charge is 0.508 e. The van der Waals surface area contributed by atoms with Gasteiger partial charge < -0.3 is 16.6 Å². The van der Waals surface area contributed by atoms with Gasteiger partial charge in [0.1, 0.15) is 22.6 Å². The third-order valence-electron chi connectivity index (χ3n) is 4.31. The number of benzene rings is 1. The first kappa shape index (κ1) is 15.8. The summed E-state index contributed by atoms with van der Waals surface area (Å²) in [7, 11) is 0. The van der Waals surface area contributed by atoms with E-state index < -0.39 is 5.91 Å². The number of phenolic OH excluding ortho intramolecular Hbond substituents is 1. The van der Waals surface area contributed by atoms with Gasteiger partial charge in [0.25, 0.3) is 5.91 Å². The summed E-state index contributed by atoms with van der Waals surface area (Å²) in [5.41, 5.74) is 16.3. The summed E-state index contributed by atoms with van der Waals surface area (Å²) < 4.78 is 1.64. The standard InChI is InChI=1S/C17H19N5O2/c1-7-5-6-11(23)8(2)14(7)22-15(18)12(16(19)24)13-17(22)21-10(4)9(3)20-13/h5-6,23H,18H2,1-4H3,(H2,19,24). The average Bonchev–Trinajstić information content (AvgIpc) is 2.77. The molecule has 0 radical (unpaired) electrons. The Morgan fingerprint density at radius 1 is 1.12 bits per heavy atom. The number of nitrogen functional groups attached to an aromatic ring is 1. The molecule has 0 aliphatic rings. The summed E-state index contributed by atoms with van der Waals surface area (Å²) in [5, 5.41) is 10.1. The zero-order valence-electron chi connectivity index (χ0n) is 14.0. The van der Waals surface area contributed by atoms with Crippen molar-refractivity contribution >= 4 is 22.9 Å². The first-order valence-electron chi connectivity index (χ1n) is 7.48. The van der Waals surface area contributed by atoms with Crippen molar-refractivity contribution in [3.05, 3.63) is 40.2 Å². The third kappa shape index (κ3) is 2.09. The van der Waals surface area contributed by atoms with E-state index in [0.29, 0.717) is 28.1 Å². The molecule has 0 fully saturated rings. The number of amides is 1. The molecule has 7 nitrogen and oxygen atoms in total. The highest BCUT2D eigenvalue weighted by Gasteiger charge is 2.25. The Kier molecular flexibility index (Phi) is 3.44. The number of fused-ring (bicyclic) bond motifs is 1. The van der Waals surface area contributed by atoms with E-state index in [4.69, 9.17) is 11.5 Å². The number of nitrogens with zero attached hydrogens (tertiary/aromatic N) is 3. The van der Waals surface area contributed by atoms with Crippen molar-refractivity contribution < 1.29 is 9.90 Å². The number of aromatic hydroxyl groups is 1. The van der Waals surface area contributed by atoms with Gasteiger partial charge >= 0.3 is 0 Å². The SMILES string of the molecule is Cc1ccc(O)c(C)c1-n1c(N)c(C(N)=O)c2nc(C)c(C)nc21. The molecule has 0 spiro atoms. The van der Waals surface area contributed by atoms with E-state index in [1.807, 2.05) is 20.8 Å². The fourth-order valence-electron chi connectivity index (χ4n) is 2.90. The van der Waals surface area contributed by atoms with Crippen molar-refractivity contribution in [2.75, 3.05) is 5.73 Å². The Morgan fingerprint density at radius 3 is 2.38 bits per heavy atom. The number of hydrogen-bond donors (Lipinski definition) is 3. The molecular weight excluding hydrogens is 306 g/mol. The summed E-state index contributed by atoms with van der Waals surface area (Å²) >= 11 is 0. The average molecular weight is 325 g/mol. The van der Waals surface area contributed by atoms with Crippen molar-refractivity contribution in [3.63, 3.8) is 0 Å². The molecule has 24 heavy (non-hydrogen) atoms. The van der Waals surface area contributed by atoms with Crippen LogP contribution in [0.2, 0.25) is 0 Å². The number of phenols is 1. The van der Waals surface area contributed by atoms with Gasteiger partial charge in [0, 0.05) is 5.56 Å². The van der Waals surface area contributed by atoms with Crippen molar-refractivity contribution in [2.45, 2.75) is 27.7 Å². The number of aromatic nitrogens is 3. The molecule has 1 aromatic carbocycles. The van der Waals surface area contributed by atoms with Crippen LogP contribution in [0.1, 0.15) is 32.9 Å². The molecular formula is C17H19N5O2. The normalized spacial score (nSPS) is 11.2. The number of carbonyl (C=O) groups is 1. The van der Waals surface area contributed by atoms with Gasteiger partial charge in [-0.15, -0.1) is 0 Å². The van der Waals surface area contributed by atoms with E-state index in [1.54, 1.807) is 23.6 Å². The second-order valence-electron chi connectivity index (χ2n) is 5.90. The fraction of sp³-hybridized carbons (Fsp3) is 0.235. The molecule has 0 atom stereocenters. The zero-order chi connectivity index (χ0) is 17.8. The molecule has 3 aromatic rings. The molecule has 5 N–H and O–H groups in total. The van der Waals surface area contributed by atoms with Crippen LogP contribution < -0.4 is 11.5 Å². The summed E-state index contributed by atoms with van der Waals surface area (Å²) in [6, 6.07) is 3.40. The second kappa shape index (κ2) is 5.23. The van der Waals surface area contributed by atoms with Crippen LogP contribution >= 0.6 is 0 Å². The maximum absolute atomic E-state index is 11.9. The van der Waals surface area contributed by atoms with Crippen molar-refractivity contribution in [1.29, 1.82) is 0 Å². The Hall–Kier alpha value is -3.09. The number of nitrogens with two attached hydrogens (primary N) is 2. The van der Waals surface area contributed by atoms with Crippen molar-refractivity contribution in [1.82, 2.24) is 14.5 Å². The molecule has 7 heteroatoms. The number of rotatable bonds is 2. The highest BCUT2D eigenvalue weighted by molar-refractivity contribution is 6.09. The maximum atomic E-state index is 11.9. The topological polar surface area (TPSA) is 120 Å². The van der Waals surface area contributed by atoms with Crippen LogP contribution in [0.25, 0.3) is 16.9 Å². The van der Waals surface area contributed by atoms with Gasteiger partial charge in [-0.25, -0.2) is 9.97 Å². The predicted octanol–water partition coefficient (Wildman–Crippen LogP) is 2.04. The van der Waals surface area contributed by atoms with Crippen LogP contribution in [-0.4, -0.2) is 25.5 Å². The first-order valence-corrected chi connectivity index (χ1v) is 7.48. The number of primary amides is 1. The minimum atomic E-state index is -0.663. The summed E-state index contributed by atoms with van der Waals surface area (Å²) in [5.74, 6) is -0.363. The second-order valence-corrected chi connectivity index (χ2v) is 5.90. The molecule has 0 aliphatic carbocycles. The van der Waals surface area contributed by atoms with Crippen LogP contribution in [0.4, 0.5) is 5.82 Å². The lowest BCUT2D eigenvalue weighted by molar-refractivity contribution is 0.100. The smallest absolute Gasteiger partial charge is 0.254 e. The van der Waals surface area contributed by atoms with E-state index in [0.717, 1.165) is 11.3 Å². The van der Waals surface area contributed by atoms with Gasteiger partial charge in [-0.3, -0.25) is 9.36 Å². The van der Waals surface area contributed by atoms with E-state index in [2.05, 4.69) is 9.97 Å². The molecule has 0 saturated heterocycles. The zero-order valence-corrected chi connectivity index (χ0v) is 14.0. The Balaban J connectivity index is 2.55. The molecule has 0 bridgehead atoms. The van der Waals surface area contributed by atoms with Crippen LogP contribution in [0.5, 0.6) is 5.75 Å². The summed E-state index contributed by atoms with van der Waals surface area (Å²) in [6.07, 6.45) is 0. The van der Waals surface area contributed by atoms with E-state index in [-0.39, 0.29) is 17.1 Å². The van der Waals surface area contributed by atoms with Crippen LogP contribution in [0.15, 0.2) is 12.1 Å². The highest BCUT2D eigenvalue weighted by atomic mass is 16.3. The summed E-state index contributed by atoms with van der Waals surface area (Å²) in [6.45, 7) is 7.32. The van der Waals surface area contributed by atoms with Gasteiger partial charge in [0.15, 0.2) is 5.65 Å². The molecule has 2 heterocycles. The first-order chi connectivity index (χ1) is 11.2. The number of carbonyl (C=O) groups excluding carboxylic acids is 1. The molecule has 1 amide bonds. The fourth-order valence-corrected chi connectivity index (χ4v) is 2.90. The molecule has 3 rings (SSSR count). The van der Waals surface area contributed by atoms with Crippen molar-refractivity contribution in [3.8, 4) is 11.4 Å². The Bertz CT molecular complexity index is 1000. The van der Waals surface area contributed by atoms with Gasteiger partial charge in [0.2, 0.25) is 0 Å². The van der Waals surface area contributed by atoms with Crippen LogP contribution in [-0.2, 0) is 0 Å². The highest BCUT2D eigenvalue weighted by Crippen LogP contribution is 2.35. The minimum Gasteiger partial charge on any atom is -0.508 e. The van der Waals surface area contributed by atoms with E-state index in [9.17, 15) is 9.90 Å². The van der Waals surface area contributed by atoms with Gasteiger partial charge in [-0.2, -0.15) is 0 Å². The van der Waals surface area contributed by atoms with Crippen LogP contribution in [0, 0.1) is 27.7 Å². The van der Waals surface area contributed by atoms with Crippen molar-refractivity contribution in [2.24, 2.45) is 5.73 Å². The summed E-state index contributed by atoms with van der Waals surface area (Å²) in [4.78, 5) is 20.9. The van der Waals surface area contributed by atoms with E-state index in [1.165, 1.54) is 0 Å². The van der Waals surface area contributed by atoms with Crippen LogP contribution in [0.3, 0.4) is 0 Å². The monoisotopic (exact) mass is 325 g/mol. The third-order valence-corrected chi connectivity index (χ3v) is 4.31. The van der Waals surface area contributed by atoms with Gasteiger partial charge in [-0.05, 0) is 39.3 Å². The Morgan fingerprint density at radius 2 is 1.75 bits per heavy atom. The van der Waals surface area contributed by atoms with E-state index >= 15 is 0 Å². The van der Waals surface area contributed by atoms with Gasteiger partial charge in [-0.1, -0.05) is 6.07 Å². The Labute approximate surface area is 138 Å². The molecule has 2 aromatic heterocycles.